The summed E-state index contributed by atoms with van der Waals surface area (Å²) in [6, 6.07) is 10.8. The van der Waals surface area contributed by atoms with Gasteiger partial charge >= 0.3 is 0 Å². The maximum Gasteiger partial charge on any atom is 0.267 e. The lowest BCUT2D eigenvalue weighted by Gasteiger charge is -2.07. The van der Waals surface area contributed by atoms with Crippen molar-refractivity contribution in [3.8, 4) is 11.5 Å². The highest BCUT2D eigenvalue weighted by atomic mass is 16.5. The monoisotopic (exact) mass is 256 g/mol. The highest BCUT2D eigenvalue weighted by Crippen LogP contribution is 2.25. The van der Waals surface area contributed by atoms with Crippen LogP contribution in [-0.4, -0.2) is 16.1 Å². The first-order valence-electron chi connectivity index (χ1n) is 5.58. The van der Waals surface area contributed by atoms with Gasteiger partial charge in [0.25, 0.3) is 5.91 Å². The predicted octanol–water partition coefficient (Wildman–Crippen LogP) is 2.39. The fourth-order valence-electron chi connectivity index (χ4n) is 1.45. The van der Waals surface area contributed by atoms with Crippen LogP contribution in [0.4, 0.5) is 0 Å². The molecule has 0 radical (unpaired) electrons. The maximum atomic E-state index is 11.0. The van der Waals surface area contributed by atoms with Crippen molar-refractivity contribution in [1.29, 1.82) is 0 Å². The van der Waals surface area contributed by atoms with Crippen LogP contribution in [0.25, 0.3) is 6.08 Å². The predicted molar refractivity (Wildman–Crippen MR) is 69.7 cm³/mol. The summed E-state index contributed by atoms with van der Waals surface area (Å²) in [4.78, 5) is 14.9. The lowest BCUT2D eigenvalue weighted by atomic mass is 10.2. The van der Waals surface area contributed by atoms with E-state index in [2.05, 4.69) is 4.98 Å². The van der Waals surface area contributed by atoms with E-state index in [1.165, 1.54) is 11.6 Å². The summed E-state index contributed by atoms with van der Waals surface area (Å²) < 4.78 is 5.67. The first-order chi connectivity index (χ1) is 9.29. The Kier molecular flexibility index (Phi) is 4.25. The highest BCUT2D eigenvalue weighted by Gasteiger charge is 2.02. The molecule has 2 N–H and O–H groups in total. The van der Waals surface area contributed by atoms with Gasteiger partial charge in [-0.25, -0.2) is 5.48 Å². The zero-order valence-electron chi connectivity index (χ0n) is 9.98. The molecule has 0 saturated carbocycles. The van der Waals surface area contributed by atoms with E-state index >= 15 is 0 Å². The molecule has 1 aromatic carbocycles. The van der Waals surface area contributed by atoms with Crippen molar-refractivity contribution in [2.75, 3.05) is 0 Å². The molecule has 5 nitrogen and oxygen atoms in total. The maximum absolute atomic E-state index is 11.0. The molecule has 0 saturated heterocycles. The van der Waals surface area contributed by atoms with Gasteiger partial charge in [-0.3, -0.25) is 15.0 Å². The van der Waals surface area contributed by atoms with Gasteiger partial charge in [-0.15, -0.1) is 0 Å². The molecule has 19 heavy (non-hydrogen) atoms. The minimum absolute atomic E-state index is 0.595. The number of carbonyl (C=O) groups excluding carboxylic acids is 1. The number of hydrogen-bond donors (Lipinski definition) is 2. The quantitative estimate of drug-likeness (QED) is 0.500. The molecule has 1 aromatic heterocycles. The minimum atomic E-state index is -0.601. The topological polar surface area (TPSA) is 71.5 Å². The molecule has 96 valence electrons. The van der Waals surface area contributed by atoms with E-state index in [1.54, 1.807) is 42.7 Å². The van der Waals surface area contributed by atoms with Crippen molar-refractivity contribution in [3.63, 3.8) is 0 Å². The van der Waals surface area contributed by atoms with Crippen molar-refractivity contribution in [2.45, 2.75) is 0 Å². The van der Waals surface area contributed by atoms with Gasteiger partial charge in [-0.05, 0) is 24.3 Å². The molecular formula is C14H12N2O3. The third-order valence-corrected chi connectivity index (χ3v) is 2.31. The Bertz CT molecular complexity index is 582. The van der Waals surface area contributed by atoms with Gasteiger partial charge in [0.05, 0.1) is 6.20 Å². The normalized spacial score (nSPS) is 10.4. The summed E-state index contributed by atoms with van der Waals surface area (Å²) in [7, 11) is 0. The number of nitrogens with zero attached hydrogens (tertiary/aromatic N) is 1. The number of pyridine rings is 1. The number of rotatable bonds is 4. The van der Waals surface area contributed by atoms with Crippen LogP contribution < -0.4 is 10.2 Å². The second-order valence-electron chi connectivity index (χ2n) is 3.64. The fourth-order valence-corrected chi connectivity index (χ4v) is 1.45. The summed E-state index contributed by atoms with van der Waals surface area (Å²) in [6.07, 6.45) is 6.02. The molecule has 0 aliphatic heterocycles. The van der Waals surface area contributed by atoms with Crippen LogP contribution in [-0.2, 0) is 4.79 Å². The van der Waals surface area contributed by atoms with Gasteiger partial charge in [0.15, 0.2) is 0 Å². The summed E-state index contributed by atoms with van der Waals surface area (Å²) >= 11 is 0. The van der Waals surface area contributed by atoms with E-state index in [0.29, 0.717) is 11.5 Å². The number of hydrogen-bond acceptors (Lipinski definition) is 4. The van der Waals surface area contributed by atoms with Gasteiger partial charge < -0.3 is 4.74 Å². The SMILES string of the molecule is O=C(/C=C/c1ccccc1Oc1cccnc1)NO. The zero-order valence-corrected chi connectivity index (χ0v) is 9.98. The summed E-state index contributed by atoms with van der Waals surface area (Å²) in [5, 5.41) is 8.43. The van der Waals surface area contributed by atoms with Crippen molar-refractivity contribution < 1.29 is 14.7 Å². The molecule has 0 atom stereocenters. The lowest BCUT2D eigenvalue weighted by molar-refractivity contribution is -0.124. The second kappa shape index (κ2) is 6.32. The van der Waals surface area contributed by atoms with Crippen molar-refractivity contribution in [1.82, 2.24) is 10.5 Å². The molecule has 1 heterocycles. The number of hydroxylamine groups is 1. The second-order valence-corrected chi connectivity index (χ2v) is 3.64. The molecule has 0 aliphatic rings. The number of para-hydroxylation sites is 1. The van der Waals surface area contributed by atoms with Crippen LogP contribution in [0.15, 0.2) is 54.9 Å². The molecule has 2 aromatic rings. The van der Waals surface area contributed by atoms with Gasteiger partial charge in [0, 0.05) is 17.8 Å². The fraction of sp³-hybridized carbons (Fsp3) is 0. The third kappa shape index (κ3) is 3.65. The van der Waals surface area contributed by atoms with E-state index in [9.17, 15) is 4.79 Å². The summed E-state index contributed by atoms with van der Waals surface area (Å²) in [5.41, 5.74) is 2.25. The number of carbonyl (C=O) groups is 1. The van der Waals surface area contributed by atoms with E-state index < -0.39 is 5.91 Å². The molecule has 0 spiro atoms. The van der Waals surface area contributed by atoms with E-state index in [4.69, 9.17) is 9.94 Å². The number of nitrogens with one attached hydrogen (secondary N) is 1. The molecule has 0 fully saturated rings. The number of ether oxygens (including phenoxy) is 1. The molecule has 2 rings (SSSR count). The first kappa shape index (κ1) is 12.8. The molecule has 1 amide bonds. The Morgan fingerprint density at radius 2 is 2.11 bits per heavy atom. The molecule has 0 aliphatic carbocycles. The largest absolute Gasteiger partial charge is 0.455 e. The standard InChI is InChI=1S/C14H12N2O3/c17-14(16-18)8-7-11-4-1-2-6-13(11)19-12-5-3-9-15-10-12/h1-10,18H,(H,16,17)/b8-7+. The molecular weight excluding hydrogens is 244 g/mol. The Balaban J connectivity index is 2.21. The summed E-state index contributed by atoms with van der Waals surface area (Å²) in [6.45, 7) is 0. The Hall–Kier alpha value is -2.66. The molecule has 5 heteroatoms. The number of aromatic nitrogens is 1. The van der Waals surface area contributed by atoms with Gasteiger partial charge in [0.1, 0.15) is 11.5 Å². The molecule has 0 unspecified atom stereocenters. The van der Waals surface area contributed by atoms with Crippen LogP contribution in [0.3, 0.4) is 0 Å². The zero-order chi connectivity index (χ0) is 13.5. The van der Waals surface area contributed by atoms with Gasteiger partial charge in [-0.2, -0.15) is 0 Å². The number of amides is 1. The average Bonchev–Trinajstić information content (AvgIpc) is 2.47. The third-order valence-electron chi connectivity index (χ3n) is 2.31. The number of benzene rings is 1. The smallest absolute Gasteiger partial charge is 0.267 e. The van der Waals surface area contributed by atoms with Crippen molar-refractivity contribution in [2.24, 2.45) is 0 Å². The summed E-state index contributed by atoms with van der Waals surface area (Å²) in [5.74, 6) is 0.601. The van der Waals surface area contributed by atoms with Crippen molar-refractivity contribution >= 4 is 12.0 Å². The first-order valence-corrected chi connectivity index (χ1v) is 5.58. The lowest BCUT2D eigenvalue weighted by Crippen LogP contribution is -2.14. The van der Waals surface area contributed by atoms with Crippen molar-refractivity contribution in [3.05, 3.63) is 60.4 Å². The van der Waals surface area contributed by atoms with E-state index in [0.717, 1.165) is 5.56 Å². The Labute approximate surface area is 110 Å². The average molecular weight is 256 g/mol. The Morgan fingerprint density at radius 1 is 1.26 bits per heavy atom. The highest BCUT2D eigenvalue weighted by molar-refractivity contribution is 5.91. The minimum Gasteiger partial charge on any atom is -0.455 e. The van der Waals surface area contributed by atoms with Gasteiger partial charge in [0.2, 0.25) is 0 Å². The van der Waals surface area contributed by atoms with Crippen LogP contribution >= 0.6 is 0 Å². The van der Waals surface area contributed by atoms with Crippen LogP contribution in [0.1, 0.15) is 5.56 Å². The van der Waals surface area contributed by atoms with Crippen LogP contribution in [0.5, 0.6) is 11.5 Å². The Morgan fingerprint density at radius 3 is 2.84 bits per heavy atom. The van der Waals surface area contributed by atoms with Crippen LogP contribution in [0.2, 0.25) is 0 Å². The van der Waals surface area contributed by atoms with E-state index in [-0.39, 0.29) is 0 Å². The van der Waals surface area contributed by atoms with E-state index in [1.807, 2.05) is 12.1 Å². The van der Waals surface area contributed by atoms with Gasteiger partial charge in [-0.1, -0.05) is 18.2 Å². The van der Waals surface area contributed by atoms with Crippen LogP contribution in [0, 0.1) is 0 Å². The molecule has 0 bridgehead atoms.